The van der Waals surface area contributed by atoms with Crippen LogP contribution in [0.15, 0.2) is 79.1 Å². The van der Waals surface area contributed by atoms with Gasteiger partial charge in [0.15, 0.2) is 0 Å². The van der Waals surface area contributed by atoms with Gasteiger partial charge < -0.3 is 0 Å². The molecule has 7 heteroatoms. The Hall–Kier alpha value is -3.15. The van der Waals surface area contributed by atoms with E-state index >= 15 is 0 Å². The standard InChI is InChI=1S/C28H22Cl2F2N2O/c1-2-28(31,32)21-9-5-19(6-10-21)16-23(35)15-18-3-7-20(8-4-18)26-27(34-14-13-33-26)24-12-11-22(29)17-25(24)30/h3-14,17H,2,15-16H2,1H3. The minimum Gasteiger partial charge on any atom is -0.299 e. The van der Waals surface area contributed by atoms with Gasteiger partial charge in [-0.2, -0.15) is 0 Å². The number of ketones is 1. The Bertz CT molecular complexity index is 1340. The maximum Gasteiger partial charge on any atom is 0.273 e. The van der Waals surface area contributed by atoms with E-state index in [0.717, 1.165) is 16.7 Å². The fraction of sp³-hybridized carbons (Fsp3) is 0.179. The van der Waals surface area contributed by atoms with E-state index < -0.39 is 5.92 Å². The summed E-state index contributed by atoms with van der Waals surface area (Å²) < 4.78 is 27.6. The second-order valence-electron chi connectivity index (χ2n) is 8.22. The molecule has 0 spiro atoms. The zero-order chi connectivity index (χ0) is 25.0. The monoisotopic (exact) mass is 510 g/mol. The van der Waals surface area contributed by atoms with Crippen LogP contribution in [0.2, 0.25) is 10.0 Å². The predicted octanol–water partition coefficient (Wildman–Crippen LogP) is 7.97. The van der Waals surface area contributed by atoms with Crippen LogP contribution in [0.4, 0.5) is 8.78 Å². The number of hydrogen-bond acceptors (Lipinski definition) is 3. The number of carbonyl (C=O) groups is 1. The largest absolute Gasteiger partial charge is 0.299 e. The Balaban J connectivity index is 1.47. The van der Waals surface area contributed by atoms with E-state index in [9.17, 15) is 13.6 Å². The van der Waals surface area contributed by atoms with Crippen molar-refractivity contribution < 1.29 is 13.6 Å². The highest BCUT2D eigenvalue weighted by Crippen LogP contribution is 2.34. The molecule has 0 atom stereocenters. The molecule has 0 fully saturated rings. The average molecular weight is 511 g/mol. The quantitative estimate of drug-likeness (QED) is 0.241. The molecule has 0 saturated carbocycles. The predicted molar refractivity (Wildman–Crippen MR) is 136 cm³/mol. The van der Waals surface area contributed by atoms with Crippen LogP contribution in [-0.4, -0.2) is 15.8 Å². The first kappa shape index (κ1) is 25.0. The Kier molecular flexibility index (Phi) is 7.58. The van der Waals surface area contributed by atoms with Gasteiger partial charge in [0.2, 0.25) is 0 Å². The van der Waals surface area contributed by atoms with Gasteiger partial charge in [-0.05, 0) is 29.3 Å². The van der Waals surface area contributed by atoms with Gasteiger partial charge in [0, 0.05) is 53.4 Å². The Morgan fingerprint density at radius 1 is 0.829 bits per heavy atom. The van der Waals surface area contributed by atoms with Crippen molar-refractivity contribution in [1.82, 2.24) is 9.97 Å². The molecule has 0 N–H and O–H groups in total. The zero-order valence-electron chi connectivity index (χ0n) is 18.9. The van der Waals surface area contributed by atoms with E-state index in [0.29, 0.717) is 27.0 Å². The molecule has 35 heavy (non-hydrogen) atoms. The molecule has 4 rings (SSSR count). The van der Waals surface area contributed by atoms with Crippen molar-refractivity contribution in [3.05, 3.63) is 106 Å². The van der Waals surface area contributed by atoms with Gasteiger partial charge in [-0.3, -0.25) is 14.8 Å². The number of rotatable bonds is 8. The van der Waals surface area contributed by atoms with Crippen LogP contribution in [0.1, 0.15) is 30.0 Å². The zero-order valence-corrected chi connectivity index (χ0v) is 20.5. The molecule has 178 valence electrons. The lowest BCUT2D eigenvalue weighted by atomic mass is 9.98. The first-order chi connectivity index (χ1) is 16.8. The third kappa shape index (κ3) is 5.92. The van der Waals surface area contributed by atoms with Gasteiger partial charge in [0.25, 0.3) is 5.92 Å². The summed E-state index contributed by atoms with van der Waals surface area (Å²) in [5, 5.41) is 1.01. The van der Waals surface area contributed by atoms with Crippen LogP contribution in [0.3, 0.4) is 0 Å². The molecule has 0 radical (unpaired) electrons. The smallest absolute Gasteiger partial charge is 0.273 e. The number of nitrogens with zero attached hydrogens (tertiary/aromatic N) is 2. The highest BCUT2D eigenvalue weighted by atomic mass is 35.5. The average Bonchev–Trinajstić information content (AvgIpc) is 2.85. The maximum absolute atomic E-state index is 13.8. The van der Waals surface area contributed by atoms with Crippen molar-refractivity contribution in [2.45, 2.75) is 32.1 Å². The number of halogens is 4. The number of carbonyl (C=O) groups excluding carboxylic acids is 1. The summed E-state index contributed by atoms with van der Waals surface area (Å²) in [6.45, 7) is 1.45. The first-order valence-electron chi connectivity index (χ1n) is 11.1. The summed E-state index contributed by atoms with van der Waals surface area (Å²) in [6, 6.07) is 18.7. The SMILES string of the molecule is CCC(F)(F)c1ccc(CC(=O)Cc2ccc(-c3nccnc3-c3ccc(Cl)cc3Cl)cc2)cc1. The van der Waals surface area contributed by atoms with Crippen molar-refractivity contribution in [3.8, 4) is 22.5 Å². The summed E-state index contributed by atoms with van der Waals surface area (Å²) >= 11 is 12.4. The van der Waals surface area contributed by atoms with Crippen LogP contribution in [0.25, 0.3) is 22.5 Å². The molecule has 0 aliphatic heterocycles. The Morgan fingerprint density at radius 3 is 1.97 bits per heavy atom. The van der Waals surface area contributed by atoms with Crippen LogP contribution < -0.4 is 0 Å². The van der Waals surface area contributed by atoms with Crippen molar-refractivity contribution in [3.63, 3.8) is 0 Å². The number of benzene rings is 3. The van der Waals surface area contributed by atoms with E-state index in [1.54, 1.807) is 42.7 Å². The third-order valence-electron chi connectivity index (χ3n) is 5.73. The van der Waals surface area contributed by atoms with Crippen molar-refractivity contribution in [2.75, 3.05) is 0 Å². The van der Waals surface area contributed by atoms with Gasteiger partial charge in [0.1, 0.15) is 5.78 Å². The molecule has 1 aromatic heterocycles. The minimum absolute atomic E-state index is 0.000824. The molecule has 4 aromatic rings. The third-order valence-corrected chi connectivity index (χ3v) is 6.28. The molecule has 3 nitrogen and oxygen atoms in total. The Labute approximate surface area is 212 Å². The van der Waals surface area contributed by atoms with Crippen LogP contribution in [0, 0.1) is 0 Å². The number of Topliss-reactive ketones (excluding diaryl/α,β-unsaturated/α-hetero) is 1. The topological polar surface area (TPSA) is 42.9 Å². The summed E-state index contributed by atoms with van der Waals surface area (Å²) in [5.74, 6) is -2.85. The molecule has 0 unspecified atom stereocenters. The van der Waals surface area contributed by atoms with E-state index in [-0.39, 0.29) is 30.6 Å². The van der Waals surface area contributed by atoms with Gasteiger partial charge in [-0.15, -0.1) is 0 Å². The number of aromatic nitrogens is 2. The lowest BCUT2D eigenvalue weighted by Crippen LogP contribution is -2.12. The molecular formula is C28H22Cl2F2N2O. The van der Waals surface area contributed by atoms with E-state index in [4.69, 9.17) is 23.2 Å². The fourth-order valence-electron chi connectivity index (χ4n) is 3.80. The minimum atomic E-state index is -2.85. The van der Waals surface area contributed by atoms with Crippen LogP contribution >= 0.6 is 23.2 Å². The van der Waals surface area contributed by atoms with Gasteiger partial charge in [-0.25, -0.2) is 8.78 Å². The molecular weight excluding hydrogens is 489 g/mol. The summed E-state index contributed by atoms with van der Waals surface area (Å²) in [5.41, 5.74) is 4.39. The first-order valence-corrected chi connectivity index (χ1v) is 11.9. The maximum atomic E-state index is 13.8. The second-order valence-corrected chi connectivity index (χ2v) is 9.07. The van der Waals surface area contributed by atoms with Gasteiger partial charge in [-0.1, -0.05) is 78.7 Å². The van der Waals surface area contributed by atoms with Crippen molar-refractivity contribution in [1.29, 1.82) is 0 Å². The van der Waals surface area contributed by atoms with Gasteiger partial charge >= 0.3 is 0 Å². The summed E-state index contributed by atoms with van der Waals surface area (Å²) in [6.07, 6.45) is 3.38. The summed E-state index contributed by atoms with van der Waals surface area (Å²) in [4.78, 5) is 21.5. The molecule has 3 aromatic carbocycles. The highest BCUT2D eigenvalue weighted by molar-refractivity contribution is 6.36. The van der Waals surface area contributed by atoms with Gasteiger partial charge in [0.05, 0.1) is 16.4 Å². The van der Waals surface area contributed by atoms with Crippen LogP contribution in [-0.2, 0) is 23.6 Å². The summed E-state index contributed by atoms with van der Waals surface area (Å²) in [7, 11) is 0. The van der Waals surface area contributed by atoms with E-state index in [1.807, 2.05) is 24.3 Å². The van der Waals surface area contributed by atoms with Crippen LogP contribution in [0.5, 0.6) is 0 Å². The second kappa shape index (κ2) is 10.6. The molecule has 0 amide bonds. The normalized spacial score (nSPS) is 11.5. The number of alkyl halides is 2. The highest BCUT2D eigenvalue weighted by Gasteiger charge is 2.28. The number of hydrogen-bond donors (Lipinski definition) is 0. The Morgan fingerprint density at radius 2 is 1.40 bits per heavy atom. The molecule has 0 aliphatic rings. The lowest BCUT2D eigenvalue weighted by molar-refractivity contribution is -0.117. The lowest BCUT2D eigenvalue weighted by Gasteiger charge is -2.14. The molecule has 0 bridgehead atoms. The van der Waals surface area contributed by atoms with E-state index in [2.05, 4.69) is 9.97 Å². The fourth-order valence-corrected chi connectivity index (χ4v) is 4.29. The molecule has 0 aliphatic carbocycles. The van der Waals surface area contributed by atoms with E-state index in [1.165, 1.54) is 19.1 Å². The van der Waals surface area contributed by atoms with Crippen molar-refractivity contribution >= 4 is 29.0 Å². The molecule has 1 heterocycles. The molecule has 0 saturated heterocycles. The van der Waals surface area contributed by atoms with Crippen molar-refractivity contribution in [2.24, 2.45) is 0 Å².